The van der Waals surface area contributed by atoms with Gasteiger partial charge < -0.3 is 24.6 Å². The first kappa shape index (κ1) is 23.3. The van der Waals surface area contributed by atoms with Gasteiger partial charge in [-0.1, -0.05) is 0 Å². The standard InChI is InChI=1S/C22H29N5O5S/c1-23-33(29,30)20-13-17(14-24-22(20)31-3)27-10-11-32-19-5-4-15(12-18(19)27)21(28)25-16-6-8-26(2)9-7-16/h4-5,12-14,16,23H,6-11H2,1-3H3,(H,25,28). The molecule has 4 rings (SSSR count). The van der Waals surface area contributed by atoms with Gasteiger partial charge in [0.25, 0.3) is 5.91 Å². The van der Waals surface area contributed by atoms with Crippen molar-refractivity contribution < 1.29 is 22.7 Å². The summed E-state index contributed by atoms with van der Waals surface area (Å²) in [6, 6.07) is 6.95. The van der Waals surface area contributed by atoms with Gasteiger partial charge in [0, 0.05) is 11.6 Å². The molecule has 2 aliphatic rings. The van der Waals surface area contributed by atoms with Gasteiger partial charge in [0.1, 0.15) is 17.3 Å². The van der Waals surface area contributed by atoms with Crippen molar-refractivity contribution in [3.8, 4) is 11.6 Å². The number of hydrogen-bond acceptors (Lipinski definition) is 8. The molecule has 1 aromatic carbocycles. The number of sulfonamides is 1. The summed E-state index contributed by atoms with van der Waals surface area (Å²) in [6.45, 7) is 2.80. The van der Waals surface area contributed by atoms with Crippen LogP contribution in [0.4, 0.5) is 11.4 Å². The summed E-state index contributed by atoms with van der Waals surface area (Å²) in [5, 5.41) is 3.13. The Morgan fingerprint density at radius 1 is 1.21 bits per heavy atom. The Balaban J connectivity index is 1.64. The fourth-order valence-corrected chi connectivity index (χ4v) is 4.94. The van der Waals surface area contributed by atoms with Gasteiger partial charge in [0.15, 0.2) is 0 Å². The molecule has 10 nitrogen and oxygen atoms in total. The average Bonchev–Trinajstić information content (AvgIpc) is 2.84. The molecule has 178 valence electrons. The highest BCUT2D eigenvalue weighted by molar-refractivity contribution is 7.89. The minimum atomic E-state index is -3.78. The third-order valence-corrected chi connectivity index (χ3v) is 7.41. The van der Waals surface area contributed by atoms with Crippen molar-refractivity contribution in [2.75, 3.05) is 52.3 Å². The van der Waals surface area contributed by atoms with Gasteiger partial charge in [-0.05, 0) is 64.3 Å². The number of aromatic nitrogens is 1. The van der Waals surface area contributed by atoms with E-state index in [4.69, 9.17) is 9.47 Å². The predicted molar refractivity (Wildman–Crippen MR) is 124 cm³/mol. The monoisotopic (exact) mass is 475 g/mol. The van der Waals surface area contributed by atoms with Crippen molar-refractivity contribution in [3.05, 3.63) is 36.0 Å². The lowest BCUT2D eigenvalue weighted by Crippen LogP contribution is -2.43. The summed E-state index contributed by atoms with van der Waals surface area (Å²) < 4.78 is 38.2. The van der Waals surface area contributed by atoms with Crippen LogP contribution < -0.4 is 24.4 Å². The fourth-order valence-electron chi connectivity index (χ4n) is 4.07. The Morgan fingerprint density at radius 2 is 1.97 bits per heavy atom. The molecule has 0 unspecified atom stereocenters. The number of ether oxygens (including phenoxy) is 2. The molecule has 2 aliphatic heterocycles. The molecule has 1 fully saturated rings. The molecule has 0 atom stereocenters. The number of likely N-dealkylation sites (tertiary alicyclic amines) is 1. The van der Waals surface area contributed by atoms with Crippen LogP contribution >= 0.6 is 0 Å². The van der Waals surface area contributed by atoms with Gasteiger partial charge in [0.2, 0.25) is 15.9 Å². The van der Waals surface area contributed by atoms with Gasteiger partial charge in [-0.25, -0.2) is 18.1 Å². The van der Waals surface area contributed by atoms with Crippen molar-refractivity contribution in [1.29, 1.82) is 0 Å². The molecule has 0 radical (unpaired) electrons. The normalized spacial score (nSPS) is 17.2. The molecule has 0 bridgehead atoms. The second-order valence-electron chi connectivity index (χ2n) is 8.14. The third-order valence-electron chi connectivity index (χ3n) is 6.01. The van der Waals surface area contributed by atoms with E-state index in [2.05, 4.69) is 27.0 Å². The Hall–Kier alpha value is -2.89. The number of benzene rings is 1. The number of amides is 1. The van der Waals surface area contributed by atoms with E-state index in [0.717, 1.165) is 25.9 Å². The molecule has 0 aliphatic carbocycles. The SMILES string of the molecule is CNS(=O)(=O)c1cc(N2CCOc3ccc(C(=O)NC4CCN(C)CC4)cc32)cnc1OC. The summed E-state index contributed by atoms with van der Waals surface area (Å²) in [4.78, 5) is 21.2. The van der Waals surface area contributed by atoms with E-state index in [0.29, 0.717) is 35.8 Å². The lowest BCUT2D eigenvalue weighted by atomic mass is 10.0. The highest BCUT2D eigenvalue weighted by Gasteiger charge is 2.26. The molecule has 2 N–H and O–H groups in total. The fraction of sp³-hybridized carbons (Fsp3) is 0.455. The second-order valence-corrected chi connectivity index (χ2v) is 10.00. The van der Waals surface area contributed by atoms with Crippen LogP contribution in [0.2, 0.25) is 0 Å². The largest absolute Gasteiger partial charge is 0.490 e. The topological polar surface area (TPSA) is 113 Å². The van der Waals surface area contributed by atoms with E-state index in [9.17, 15) is 13.2 Å². The molecular formula is C22H29N5O5S. The van der Waals surface area contributed by atoms with E-state index < -0.39 is 10.0 Å². The molecule has 0 spiro atoms. The average molecular weight is 476 g/mol. The van der Waals surface area contributed by atoms with Gasteiger partial charge in [-0.3, -0.25) is 4.79 Å². The number of carbonyl (C=O) groups excluding carboxylic acids is 1. The van der Waals surface area contributed by atoms with Crippen LogP contribution in [0, 0.1) is 0 Å². The first-order chi connectivity index (χ1) is 15.8. The number of fused-ring (bicyclic) bond motifs is 1. The lowest BCUT2D eigenvalue weighted by molar-refractivity contribution is 0.0917. The Bertz CT molecular complexity index is 1130. The molecule has 2 aromatic rings. The number of nitrogens with zero attached hydrogens (tertiary/aromatic N) is 3. The third kappa shape index (κ3) is 4.90. The second kappa shape index (κ2) is 9.54. The van der Waals surface area contributed by atoms with Gasteiger partial charge in [0.05, 0.1) is 31.2 Å². The quantitative estimate of drug-likeness (QED) is 0.644. The van der Waals surface area contributed by atoms with Crippen LogP contribution in [0.5, 0.6) is 11.6 Å². The number of pyridine rings is 1. The number of anilines is 2. The highest BCUT2D eigenvalue weighted by Crippen LogP contribution is 2.38. The van der Waals surface area contributed by atoms with Crippen LogP contribution in [0.25, 0.3) is 0 Å². The Kier molecular flexibility index (Phi) is 6.73. The van der Waals surface area contributed by atoms with Crippen LogP contribution in [0.15, 0.2) is 35.4 Å². The van der Waals surface area contributed by atoms with Crippen LogP contribution in [0.1, 0.15) is 23.2 Å². The van der Waals surface area contributed by atoms with Crippen molar-refractivity contribution in [1.82, 2.24) is 19.9 Å². The maximum absolute atomic E-state index is 12.9. The number of piperidine rings is 1. The highest BCUT2D eigenvalue weighted by atomic mass is 32.2. The molecule has 1 aromatic heterocycles. The number of carbonyl (C=O) groups is 1. The zero-order valence-corrected chi connectivity index (χ0v) is 19.8. The maximum Gasteiger partial charge on any atom is 0.251 e. The summed E-state index contributed by atoms with van der Waals surface area (Å²) >= 11 is 0. The smallest absolute Gasteiger partial charge is 0.251 e. The summed E-state index contributed by atoms with van der Waals surface area (Å²) in [7, 11) is 1.00. The number of rotatable bonds is 6. The summed E-state index contributed by atoms with van der Waals surface area (Å²) in [5.41, 5.74) is 1.76. The summed E-state index contributed by atoms with van der Waals surface area (Å²) in [6.07, 6.45) is 3.39. The van der Waals surface area contributed by atoms with E-state index in [1.54, 1.807) is 24.4 Å². The number of methoxy groups -OCH3 is 1. The minimum Gasteiger partial charge on any atom is -0.490 e. The van der Waals surface area contributed by atoms with Gasteiger partial charge in [-0.15, -0.1) is 0 Å². The molecule has 1 saturated heterocycles. The van der Waals surface area contributed by atoms with E-state index in [1.165, 1.54) is 20.2 Å². The zero-order chi connectivity index (χ0) is 23.6. The molecule has 11 heteroatoms. The van der Waals surface area contributed by atoms with Gasteiger partial charge >= 0.3 is 0 Å². The number of nitrogens with one attached hydrogen (secondary N) is 2. The Morgan fingerprint density at radius 3 is 2.67 bits per heavy atom. The van der Waals surface area contributed by atoms with Crippen molar-refractivity contribution >= 4 is 27.3 Å². The van der Waals surface area contributed by atoms with Crippen molar-refractivity contribution in [2.45, 2.75) is 23.8 Å². The van der Waals surface area contributed by atoms with E-state index in [-0.39, 0.29) is 22.7 Å². The van der Waals surface area contributed by atoms with E-state index in [1.807, 2.05) is 4.90 Å². The van der Waals surface area contributed by atoms with E-state index >= 15 is 0 Å². The summed E-state index contributed by atoms with van der Waals surface area (Å²) in [5.74, 6) is 0.489. The molecule has 33 heavy (non-hydrogen) atoms. The van der Waals surface area contributed by atoms with Crippen LogP contribution in [-0.2, 0) is 10.0 Å². The molecule has 1 amide bonds. The van der Waals surface area contributed by atoms with Crippen molar-refractivity contribution in [2.24, 2.45) is 0 Å². The molecule has 0 saturated carbocycles. The molecule has 3 heterocycles. The predicted octanol–water partition coefficient (Wildman–Crippen LogP) is 1.35. The van der Waals surface area contributed by atoms with Crippen LogP contribution in [-0.4, -0.2) is 77.7 Å². The Labute approximate surface area is 193 Å². The maximum atomic E-state index is 12.9. The first-order valence-electron chi connectivity index (χ1n) is 10.8. The lowest BCUT2D eigenvalue weighted by Gasteiger charge is -2.32. The van der Waals surface area contributed by atoms with Crippen LogP contribution in [0.3, 0.4) is 0 Å². The number of hydrogen-bond donors (Lipinski definition) is 2. The minimum absolute atomic E-state index is 0.00726. The zero-order valence-electron chi connectivity index (χ0n) is 19.0. The first-order valence-corrected chi connectivity index (χ1v) is 12.3. The molecular weight excluding hydrogens is 446 g/mol. The van der Waals surface area contributed by atoms with Crippen molar-refractivity contribution in [3.63, 3.8) is 0 Å². The van der Waals surface area contributed by atoms with Gasteiger partial charge in [-0.2, -0.15) is 0 Å².